The maximum Gasteiger partial charge on any atom is 0.338 e. The first kappa shape index (κ1) is 24.6. The number of ether oxygens (including phenoxy) is 4. The van der Waals surface area contributed by atoms with Crippen molar-refractivity contribution in [3.63, 3.8) is 0 Å². The lowest BCUT2D eigenvalue weighted by Crippen LogP contribution is -2.61. The number of aliphatic hydroxyl groups excluding tert-OH is 5. The lowest BCUT2D eigenvalue weighted by atomic mass is 9.83. The van der Waals surface area contributed by atoms with Crippen LogP contribution >= 0.6 is 0 Å². The Morgan fingerprint density at radius 2 is 1.74 bits per heavy atom. The molecule has 7 N–H and O–H groups in total. The highest BCUT2D eigenvalue weighted by Gasteiger charge is 2.57. The second-order valence-electron chi connectivity index (χ2n) is 8.28. The molecule has 9 atom stereocenters. The number of fused-ring (bicyclic) bond motifs is 1. The number of esters is 1. The molecule has 1 aromatic rings. The van der Waals surface area contributed by atoms with Gasteiger partial charge in [-0.25, -0.2) is 4.79 Å². The minimum Gasteiger partial charge on any atom is -0.508 e. The average Bonchev–Trinajstić information content (AvgIpc) is 3.11. The highest BCUT2D eigenvalue weighted by atomic mass is 16.8. The summed E-state index contributed by atoms with van der Waals surface area (Å²) in [6.07, 6.45) is -6.71. The summed E-state index contributed by atoms with van der Waals surface area (Å²) in [7, 11) is 0. The van der Waals surface area contributed by atoms with Gasteiger partial charge in [-0.15, -0.1) is 0 Å². The smallest absolute Gasteiger partial charge is 0.338 e. The van der Waals surface area contributed by atoms with Gasteiger partial charge in [0.05, 0.1) is 31.0 Å². The van der Waals surface area contributed by atoms with Crippen molar-refractivity contribution in [2.75, 3.05) is 13.2 Å². The normalized spacial score (nSPS) is 39.2. The predicted molar refractivity (Wildman–Crippen MR) is 110 cm³/mol. The number of rotatable bonds is 6. The van der Waals surface area contributed by atoms with Crippen LogP contribution in [0.25, 0.3) is 0 Å². The van der Waals surface area contributed by atoms with Gasteiger partial charge in [-0.1, -0.05) is 0 Å². The molecule has 0 saturated carbocycles. The molecule has 0 aromatic heterocycles. The fourth-order valence-electron chi connectivity index (χ4n) is 4.28. The van der Waals surface area contributed by atoms with Crippen LogP contribution in [0.3, 0.4) is 0 Å². The average molecular weight is 482 g/mol. The van der Waals surface area contributed by atoms with Gasteiger partial charge in [-0.05, 0) is 42.0 Å². The van der Waals surface area contributed by atoms with Gasteiger partial charge in [0.2, 0.25) is 6.29 Å². The topological polar surface area (TPSA) is 196 Å². The summed E-state index contributed by atoms with van der Waals surface area (Å²) in [5, 5.41) is 70.3. The standard InChI is InChI=1S/C22H26O12/c23-8-11-7-14(33-19(29)10-1-3-12(25)4-2-10)22(30)5-6-31-20(15(11)22)34-21-18(28)17(27)16(26)13(9-24)32-21/h1-7,13-18,20-21,23-28,30H,8-9H2/t13-,14-,15-,16-,17+,18-,20+,21+,22+/m0/s1. The number of hydrogen-bond donors (Lipinski definition) is 7. The first-order valence-electron chi connectivity index (χ1n) is 10.5. The molecule has 12 nitrogen and oxygen atoms in total. The SMILES string of the molecule is O=C(O[C@H]1C=C(CO)[C@H]2[C@@H](O[C@H]3O[C@@H](CO)[C@H](O)[C@@H](O)[C@@H]3O)OC=C[C@@]12O)c1ccc(O)cc1. The van der Waals surface area contributed by atoms with Gasteiger partial charge in [0.25, 0.3) is 0 Å². The molecule has 2 heterocycles. The Bertz CT molecular complexity index is 944. The number of aliphatic hydroxyl groups is 6. The van der Waals surface area contributed by atoms with Gasteiger partial charge in [0, 0.05) is 0 Å². The fraction of sp³-hybridized carbons (Fsp3) is 0.500. The van der Waals surface area contributed by atoms with Gasteiger partial charge in [0.15, 0.2) is 12.4 Å². The molecular formula is C22H26O12. The van der Waals surface area contributed by atoms with Crippen molar-refractivity contribution in [3.05, 3.63) is 53.8 Å². The van der Waals surface area contributed by atoms with E-state index in [1.165, 1.54) is 36.4 Å². The van der Waals surface area contributed by atoms with E-state index in [0.29, 0.717) is 0 Å². The molecule has 3 aliphatic rings. The fourth-order valence-corrected chi connectivity index (χ4v) is 4.28. The molecule has 0 unspecified atom stereocenters. The molecule has 1 aromatic carbocycles. The minimum absolute atomic E-state index is 0.0425. The Hall–Kier alpha value is -2.55. The number of hydrogen-bond acceptors (Lipinski definition) is 12. The van der Waals surface area contributed by atoms with Gasteiger partial charge < -0.3 is 54.7 Å². The largest absolute Gasteiger partial charge is 0.508 e. The summed E-state index contributed by atoms with van der Waals surface area (Å²) < 4.78 is 21.9. The van der Waals surface area contributed by atoms with E-state index in [4.69, 9.17) is 18.9 Å². The first-order valence-corrected chi connectivity index (χ1v) is 10.5. The number of carbonyl (C=O) groups excluding carboxylic acids is 1. The van der Waals surface area contributed by atoms with E-state index in [9.17, 15) is 40.5 Å². The molecule has 34 heavy (non-hydrogen) atoms. The van der Waals surface area contributed by atoms with Crippen molar-refractivity contribution >= 4 is 5.97 Å². The van der Waals surface area contributed by atoms with E-state index < -0.39 is 73.8 Å². The maximum atomic E-state index is 12.6. The lowest BCUT2D eigenvalue weighted by molar-refractivity contribution is -0.344. The third-order valence-corrected chi connectivity index (χ3v) is 6.18. The first-order chi connectivity index (χ1) is 16.2. The van der Waals surface area contributed by atoms with E-state index in [2.05, 4.69) is 0 Å². The molecular weight excluding hydrogens is 456 g/mol. The Morgan fingerprint density at radius 3 is 2.38 bits per heavy atom. The Labute approximate surface area is 193 Å². The van der Waals surface area contributed by atoms with E-state index >= 15 is 0 Å². The van der Waals surface area contributed by atoms with Crippen LogP contribution in [0.4, 0.5) is 0 Å². The quantitative estimate of drug-likeness (QED) is 0.172. The van der Waals surface area contributed by atoms with Crippen molar-refractivity contribution in [2.45, 2.75) is 48.7 Å². The van der Waals surface area contributed by atoms with Crippen molar-refractivity contribution < 1.29 is 59.5 Å². The summed E-state index contributed by atoms with van der Waals surface area (Å²) in [5.74, 6) is -1.94. The molecule has 1 saturated heterocycles. The molecule has 12 heteroatoms. The van der Waals surface area contributed by atoms with Crippen molar-refractivity contribution in [3.8, 4) is 5.75 Å². The Morgan fingerprint density at radius 1 is 1.03 bits per heavy atom. The Kier molecular flexibility index (Phi) is 6.94. The second-order valence-corrected chi connectivity index (χ2v) is 8.28. The van der Waals surface area contributed by atoms with Gasteiger partial charge in [0.1, 0.15) is 35.8 Å². The van der Waals surface area contributed by atoms with Crippen molar-refractivity contribution in [1.29, 1.82) is 0 Å². The van der Waals surface area contributed by atoms with Crippen LogP contribution in [0.15, 0.2) is 48.3 Å². The van der Waals surface area contributed by atoms with Gasteiger partial charge in [-0.3, -0.25) is 0 Å². The Balaban J connectivity index is 1.54. The third-order valence-electron chi connectivity index (χ3n) is 6.18. The van der Waals surface area contributed by atoms with Gasteiger partial charge in [-0.2, -0.15) is 0 Å². The van der Waals surface area contributed by atoms with Crippen LogP contribution in [0.1, 0.15) is 10.4 Å². The molecule has 4 rings (SSSR count). The van der Waals surface area contributed by atoms with E-state index in [1.807, 2.05) is 0 Å². The molecule has 0 bridgehead atoms. The predicted octanol–water partition coefficient (Wildman–Crippen LogP) is -2.12. The molecule has 186 valence electrons. The van der Waals surface area contributed by atoms with Crippen molar-refractivity contribution in [2.24, 2.45) is 5.92 Å². The third kappa shape index (κ3) is 4.30. The van der Waals surface area contributed by atoms with Crippen LogP contribution in [0.5, 0.6) is 5.75 Å². The molecule has 0 radical (unpaired) electrons. The van der Waals surface area contributed by atoms with Crippen LogP contribution in [0, 0.1) is 5.92 Å². The monoisotopic (exact) mass is 482 g/mol. The minimum atomic E-state index is -1.90. The van der Waals surface area contributed by atoms with Crippen LogP contribution in [-0.2, 0) is 18.9 Å². The number of phenols is 1. The molecule has 2 aliphatic heterocycles. The summed E-state index contributed by atoms with van der Waals surface area (Å²) in [4.78, 5) is 12.6. The van der Waals surface area contributed by atoms with E-state index in [1.54, 1.807) is 0 Å². The summed E-state index contributed by atoms with van der Waals surface area (Å²) in [6, 6.07) is 5.29. The van der Waals surface area contributed by atoms with Crippen LogP contribution in [-0.4, -0.2) is 104 Å². The second kappa shape index (κ2) is 9.60. The zero-order chi connectivity index (χ0) is 24.6. The maximum absolute atomic E-state index is 12.6. The van der Waals surface area contributed by atoms with E-state index in [0.717, 1.165) is 6.26 Å². The number of benzene rings is 1. The summed E-state index contributed by atoms with van der Waals surface area (Å²) >= 11 is 0. The molecule has 1 aliphatic carbocycles. The van der Waals surface area contributed by atoms with Crippen LogP contribution in [0.2, 0.25) is 0 Å². The molecule has 0 spiro atoms. The summed E-state index contributed by atoms with van der Waals surface area (Å²) in [5.41, 5.74) is -1.57. The van der Waals surface area contributed by atoms with E-state index in [-0.39, 0.29) is 16.9 Å². The number of carbonyl (C=O) groups is 1. The van der Waals surface area contributed by atoms with Gasteiger partial charge >= 0.3 is 5.97 Å². The van der Waals surface area contributed by atoms with Crippen LogP contribution < -0.4 is 0 Å². The zero-order valence-corrected chi connectivity index (χ0v) is 17.7. The number of aromatic hydroxyl groups is 1. The highest BCUT2D eigenvalue weighted by Crippen LogP contribution is 2.45. The highest BCUT2D eigenvalue weighted by molar-refractivity contribution is 5.89. The zero-order valence-electron chi connectivity index (χ0n) is 17.7. The summed E-state index contributed by atoms with van der Waals surface area (Å²) in [6.45, 7) is -1.22. The number of phenolic OH excluding ortho intramolecular Hbond substituents is 1. The lowest BCUT2D eigenvalue weighted by Gasteiger charge is -2.44. The van der Waals surface area contributed by atoms with Crippen molar-refractivity contribution in [1.82, 2.24) is 0 Å². The molecule has 0 amide bonds. The molecule has 1 fully saturated rings.